The molecule has 0 aromatic carbocycles. The van der Waals surface area contributed by atoms with E-state index in [4.69, 9.17) is 0 Å². The van der Waals surface area contributed by atoms with E-state index in [0.717, 1.165) is 12.8 Å². The van der Waals surface area contributed by atoms with Crippen molar-refractivity contribution in [2.75, 3.05) is 7.05 Å². The zero-order chi connectivity index (χ0) is 12.1. The Morgan fingerprint density at radius 1 is 1.41 bits per heavy atom. The van der Waals surface area contributed by atoms with Crippen LogP contribution in [0.2, 0.25) is 0 Å². The second kappa shape index (κ2) is 5.94. The molecule has 2 heterocycles. The number of aromatic nitrogens is 1. The minimum Gasteiger partial charge on any atom is -0.313 e. The molecule has 0 aliphatic heterocycles. The van der Waals surface area contributed by atoms with Crippen molar-refractivity contribution in [3.05, 3.63) is 52.0 Å². The van der Waals surface area contributed by atoms with Crippen LogP contribution in [-0.4, -0.2) is 12.0 Å². The van der Waals surface area contributed by atoms with Crippen LogP contribution in [0.1, 0.15) is 28.6 Å². The van der Waals surface area contributed by atoms with Crippen LogP contribution >= 0.6 is 11.3 Å². The molecule has 1 atom stereocenters. The molecule has 2 rings (SSSR count). The van der Waals surface area contributed by atoms with Crippen molar-refractivity contribution in [3.8, 4) is 0 Å². The van der Waals surface area contributed by atoms with Crippen molar-refractivity contribution in [2.24, 2.45) is 0 Å². The van der Waals surface area contributed by atoms with Gasteiger partial charge in [0.1, 0.15) is 0 Å². The lowest BCUT2D eigenvalue weighted by atomic mass is 10.0. The van der Waals surface area contributed by atoms with Gasteiger partial charge in [-0.1, -0.05) is 6.07 Å². The number of nitrogens with one attached hydrogen (secondary N) is 1. The first-order valence-corrected chi connectivity index (χ1v) is 6.80. The van der Waals surface area contributed by atoms with Gasteiger partial charge in [0.2, 0.25) is 0 Å². The zero-order valence-corrected chi connectivity index (χ0v) is 11.1. The highest BCUT2D eigenvalue weighted by atomic mass is 32.1. The lowest BCUT2D eigenvalue weighted by Crippen LogP contribution is -2.16. The van der Waals surface area contributed by atoms with Gasteiger partial charge in [-0.05, 0) is 56.0 Å². The van der Waals surface area contributed by atoms with Crippen LogP contribution in [0.25, 0.3) is 0 Å². The largest absolute Gasteiger partial charge is 0.313 e. The topological polar surface area (TPSA) is 24.9 Å². The van der Waals surface area contributed by atoms with Gasteiger partial charge in [0.25, 0.3) is 0 Å². The van der Waals surface area contributed by atoms with Crippen LogP contribution in [-0.2, 0) is 6.42 Å². The molecule has 0 spiro atoms. The third-order valence-corrected chi connectivity index (χ3v) is 3.80. The van der Waals surface area contributed by atoms with E-state index in [0.29, 0.717) is 6.04 Å². The maximum absolute atomic E-state index is 4.36. The highest BCUT2D eigenvalue weighted by Crippen LogP contribution is 2.23. The second-order valence-electron chi connectivity index (χ2n) is 4.19. The Labute approximate surface area is 107 Å². The molecule has 2 nitrogen and oxygen atoms in total. The van der Waals surface area contributed by atoms with Gasteiger partial charge in [-0.2, -0.15) is 0 Å². The van der Waals surface area contributed by atoms with Gasteiger partial charge >= 0.3 is 0 Å². The van der Waals surface area contributed by atoms with Gasteiger partial charge in [0, 0.05) is 22.8 Å². The first kappa shape index (κ1) is 12.3. The molecule has 90 valence electrons. The predicted molar refractivity (Wildman–Crippen MR) is 73.4 cm³/mol. The van der Waals surface area contributed by atoms with Gasteiger partial charge < -0.3 is 5.32 Å². The third-order valence-electron chi connectivity index (χ3n) is 2.92. The summed E-state index contributed by atoms with van der Waals surface area (Å²) in [6.07, 6.45) is 3.96. The number of hydrogen-bond acceptors (Lipinski definition) is 3. The number of pyridine rings is 1. The lowest BCUT2D eigenvalue weighted by molar-refractivity contribution is 0.547. The predicted octanol–water partition coefficient (Wildman–Crippen LogP) is 3.34. The number of thiophene rings is 1. The molecule has 0 radical (unpaired) electrons. The van der Waals surface area contributed by atoms with E-state index in [1.54, 1.807) is 0 Å². The average Bonchev–Trinajstić information content (AvgIpc) is 2.78. The van der Waals surface area contributed by atoms with Gasteiger partial charge in [-0.3, -0.25) is 4.98 Å². The molecular weight excluding hydrogens is 228 g/mol. The molecule has 3 heteroatoms. The summed E-state index contributed by atoms with van der Waals surface area (Å²) < 4.78 is 0. The summed E-state index contributed by atoms with van der Waals surface area (Å²) in [5.74, 6) is 0. The van der Waals surface area contributed by atoms with Crippen LogP contribution in [0, 0.1) is 6.92 Å². The molecule has 1 N–H and O–H groups in total. The number of nitrogens with zero attached hydrogens (tertiary/aromatic N) is 1. The summed E-state index contributed by atoms with van der Waals surface area (Å²) in [4.78, 5) is 5.73. The van der Waals surface area contributed by atoms with Gasteiger partial charge in [0.15, 0.2) is 0 Å². The van der Waals surface area contributed by atoms with Crippen molar-refractivity contribution >= 4 is 11.3 Å². The average molecular weight is 246 g/mol. The first-order chi connectivity index (χ1) is 8.29. The summed E-state index contributed by atoms with van der Waals surface area (Å²) in [7, 11) is 2.02. The van der Waals surface area contributed by atoms with Gasteiger partial charge in [0.05, 0.1) is 0 Å². The molecule has 2 aromatic rings. The van der Waals surface area contributed by atoms with E-state index in [1.807, 2.05) is 36.7 Å². The van der Waals surface area contributed by atoms with Crippen LogP contribution in [0.4, 0.5) is 0 Å². The fraction of sp³-hybridized carbons (Fsp3) is 0.357. The Bertz CT molecular complexity index is 450. The smallest absolute Gasteiger partial charge is 0.0404 e. The summed E-state index contributed by atoms with van der Waals surface area (Å²) in [5.41, 5.74) is 2.56. The minimum atomic E-state index is 0.432. The molecular formula is C14H18N2S. The lowest BCUT2D eigenvalue weighted by Gasteiger charge is -2.14. The third kappa shape index (κ3) is 3.38. The number of hydrogen-bond donors (Lipinski definition) is 1. The van der Waals surface area contributed by atoms with Gasteiger partial charge in [-0.25, -0.2) is 0 Å². The Morgan fingerprint density at radius 3 is 2.88 bits per heavy atom. The van der Waals surface area contributed by atoms with Crippen molar-refractivity contribution in [3.63, 3.8) is 0 Å². The highest BCUT2D eigenvalue weighted by Gasteiger charge is 2.10. The van der Waals surface area contributed by atoms with E-state index >= 15 is 0 Å². The molecule has 1 unspecified atom stereocenters. The number of aryl methyl sites for hydroxylation is 2. The van der Waals surface area contributed by atoms with E-state index in [1.165, 1.54) is 16.1 Å². The highest BCUT2D eigenvalue weighted by molar-refractivity contribution is 7.10. The normalized spacial score (nSPS) is 12.6. The van der Waals surface area contributed by atoms with E-state index in [-0.39, 0.29) is 0 Å². The van der Waals surface area contributed by atoms with E-state index < -0.39 is 0 Å². The molecule has 17 heavy (non-hydrogen) atoms. The molecule has 0 fully saturated rings. The maximum atomic E-state index is 4.36. The van der Waals surface area contributed by atoms with Crippen LogP contribution in [0.15, 0.2) is 35.8 Å². The summed E-state index contributed by atoms with van der Waals surface area (Å²) in [6, 6.07) is 8.80. The van der Waals surface area contributed by atoms with Crippen molar-refractivity contribution < 1.29 is 0 Å². The molecule has 0 saturated heterocycles. The quantitative estimate of drug-likeness (QED) is 0.875. The Morgan fingerprint density at radius 2 is 2.29 bits per heavy atom. The number of rotatable bonds is 5. The first-order valence-electron chi connectivity index (χ1n) is 5.92. The van der Waals surface area contributed by atoms with Crippen LogP contribution in [0.5, 0.6) is 0 Å². The van der Waals surface area contributed by atoms with Crippen molar-refractivity contribution in [2.45, 2.75) is 25.8 Å². The Hall–Kier alpha value is -1.19. The SMILES string of the molecule is CNC(CCc1ccccn1)c1csc(C)c1. The maximum Gasteiger partial charge on any atom is 0.0404 e. The Kier molecular flexibility index (Phi) is 4.29. The molecule has 0 aliphatic carbocycles. The summed E-state index contributed by atoms with van der Waals surface area (Å²) in [5, 5.41) is 5.63. The summed E-state index contributed by atoms with van der Waals surface area (Å²) >= 11 is 1.81. The van der Waals surface area contributed by atoms with E-state index in [2.05, 4.69) is 34.7 Å². The molecule has 0 bridgehead atoms. The monoisotopic (exact) mass is 246 g/mol. The fourth-order valence-electron chi connectivity index (χ4n) is 1.96. The Balaban J connectivity index is 1.97. The molecule has 0 amide bonds. The standard InChI is InChI=1S/C14H18N2S/c1-11-9-12(10-17-11)14(15-2)7-6-13-5-3-4-8-16-13/h3-5,8-10,14-15H,6-7H2,1-2H3. The zero-order valence-electron chi connectivity index (χ0n) is 10.3. The van der Waals surface area contributed by atoms with E-state index in [9.17, 15) is 0 Å². The molecule has 0 saturated carbocycles. The van der Waals surface area contributed by atoms with Crippen molar-refractivity contribution in [1.29, 1.82) is 0 Å². The van der Waals surface area contributed by atoms with Crippen molar-refractivity contribution in [1.82, 2.24) is 10.3 Å². The van der Waals surface area contributed by atoms with Crippen LogP contribution < -0.4 is 5.32 Å². The molecule has 0 aliphatic rings. The fourth-order valence-corrected chi connectivity index (χ4v) is 2.72. The molecule has 2 aromatic heterocycles. The minimum absolute atomic E-state index is 0.432. The van der Waals surface area contributed by atoms with Gasteiger partial charge in [-0.15, -0.1) is 11.3 Å². The summed E-state index contributed by atoms with van der Waals surface area (Å²) in [6.45, 7) is 2.15. The van der Waals surface area contributed by atoms with Crippen LogP contribution in [0.3, 0.4) is 0 Å². The second-order valence-corrected chi connectivity index (χ2v) is 5.31.